The number of ether oxygens (including phenoxy) is 1. The van der Waals surface area contributed by atoms with E-state index in [9.17, 15) is 0 Å². The molecule has 0 spiro atoms. The van der Waals surface area contributed by atoms with Crippen molar-refractivity contribution in [1.82, 2.24) is 0 Å². The van der Waals surface area contributed by atoms with Crippen LogP contribution in [0.3, 0.4) is 0 Å². The number of anilines is 1. The van der Waals surface area contributed by atoms with E-state index >= 15 is 0 Å². The Hall–Kier alpha value is -3.00. The van der Waals surface area contributed by atoms with Gasteiger partial charge in [-0.2, -0.15) is 0 Å². The molecule has 1 atom stereocenters. The van der Waals surface area contributed by atoms with Crippen LogP contribution >= 0.6 is 0 Å². The van der Waals surface area contributed by atoms with Crippen LogP contribution in [0.1, 0.15) is 28.3 Å². The lowest BCUT2D eigenvalue weighted by atomic mass is 9.87. The smallest absolute Gasteiger partial charge is 0.119 e. The third-order valence-electron chi connectivity index (χ3n) is 5.18. The number of aryl methyl sites for hydroxylation is 1. The quantitative estimate of drug-likeness (QED) is 0.543. The Balaban J connectivity index is 1.75. The van der Waals surface area contributed by atoms with Crippen LogP contribution in [0.4, 0.5) is 5.69 Å². The highest BCUT2D eigenvalue weighted by molar-refractivity contribution is 5.56. The van der Waals surface area contributed by atoms with Gasteiger partial charge in [-0.3, -0.25) is 0 Å². The molecule has 4 rings (SSSR count). The van der Waals surface area contributed by atoms with Gasteiger partial charge in [0, 0.05) is 12.2 Å². The summed E-state index contributed by atoms with van der Waals surface area (Å²) in [5.41, 5.74) is 6.73. The van der Waals surface area contributed by atoms with Gasteiger partial charge in [-0.25, -0.2) is 0 Å². The molecule has 1 aliphatic heterocycles. The summed E-state index contributed by atoms with van der Waals surface area (Å²) in [4.78, 5) is 2.51. The molecule has 0 fully saturated rings. The van der Waals surface area contributed by atoms with Gasteiger partial charge in [0.1, 0.15) is 12.4 Å². The van der Waals surface area contributed by atoms with Crippen LogP contribution < -0.4 is 9.64 Å². The molecule has 3 aromatic carbocycles. The highest BCUT2D eigenvalue weighted by Crippen LogP contribution is 2.39. The molecule has 2 heteroatoms. The fourth-order valence-corrected chi connectivity index (χ4v) is 3.91. The average molecular weight is 355 g/mol. The highest BCUT2D eigenvalue weighted by atomic mass is 16.5. The van der Waals surface area contributed by atoms with E-state index < -0.39 is 0 Å². The summed E-state index contributed by atoms with van der Waals surface area (Å²) in [5, 5.41) is 0. The van der Waals surface area contributed by atoms with Gasteiger partial charge in [0.15, 0.2) is 0 Å². The summed E-state index contributed by atoms with van der Waals surface area (Å²) in [7, 11) is 0. The minimum atomic E-state index is 0.213. The molecule has 0 N–H and O–H groups in total. The van der Waals surface area contributed by atoms with Crippen molar-refractivity contribution in [3.05, 3.63) is 108 Å². The summed E-state index contributed by atoms with van der Waals surface area (Å²) in [5.74, 6) is 0.879. The summed E-state index contributed by atoms with van der Waals surface area (Å²) in [6.45, 7) is 7.42. The van der Waals surface area contributed by atoms with Gasteiger partial charge in [0.25, 0.3) is 0 Å². The lowest BCUT2D eigenvalue weighted by Crippen LogP contribution is -2.36. The predicted octanol–water partition coefficient (Wildman–Crippen LogP) is 5.71. The molecule has 0 aromatic heterocycles. The zero-order valence-electron chi connectivity index (χ0n) is 15.8. The maximum atomic E-state index is 5.66. The fraction of sp³-hybridized carbons (Fsp3) is 0.200. The number of nitrogens with zero attached hydrogens (tertiary/aromatic N) is 1. The molecule has 0 saturated carbocycles. The Morgan fingerprint density at radius 2 is 1.81 bits per heavy atom. The van der Waals surface area contributed by atoms with Gasteiger partial charge in [-0.05, 0) is 54.3 Å². The molecule has 0 aliphatic carbocycles. The molecule has 0 radical (unpaired) electrons. The van der Waals surface area contributed by atoms with Crippen molar-refractivity contribution in [2.45, 2.75) is 19.4 Å². The zero-order valence-corrected chi connectivity index (χ0v) is 15.8. The Morgan fingerprint density at radius 3 is 2.56 bits per heavy atom. The van der Waals surface area contributed by atoms with Gasteiger partial charge in [0.05, 0.1) is 6.04 Å². The van der Waals surface area contributed by atoms with Crippen LogP contribution in [-0.4, -0.2) is 13.2 Å². The third-order valence-corrected chi connectivity index (χ3v) is 5.18. The van der Waals surface area contributed by atoms with Crippen LogP contribution in [-0.2, 0) is 6.42 Å². The van der Waals surface area contributed by atoms with E-state index in [-0.39, 0.29) is 6.04 Å². The molecule has 0 bridgehead atoms. The molecule has 3 aromatic rings. The first kappa shape index (κ1) is 17.4. The van der Waals surface area contributed by atoms with Gasteiger partial charge in [0.2, 0.25) is 0 Å². The van der Waals surface area contributed by atoms with Crippen LogP contribution in [0, 0.1) is 6.92 Å². The van der Waals surface area contributed by atoms with E-state index in [1.165, 1.54) is 27.9 Å². The molecular weight excluding hydrogens is 330 g/mol. The second-order valence-corrected chi connectivity index (χ2v) is 7.05. The molecule has 1 heterocycles. The lowest BCUT2D eigenvalue weighted by Gasteiger charge is -2.39. The lowest BCUT2D eigenvalue weighted by molar-refractivity contribution is 0.363. The van der Waals surface area contributed by atoms with E-state index in [2.05, 4.69) is 91.2 Å². The Kier molecular flexibility index (Phi) is 4.97. The Bertz CT molecular complexity index is 915. The standard InChI is InChI=1S/C25H25NO/c1-3-17-27-23-12-10-20(11-13-23)25-24-14-9-19(2)18-21(24)15-16-26(25)22-7-5-4-6-8-22/h3-14,18,25H,1,15-17H2,2H3. The van der Waals surface area contributed by atoms with Crippen molar-refractivity contribution < 1.29 is 4.74 Å². The minimum absolute atomic E-state index is 0.213. The van der Waals surface area contributed by atoms with Crippen molar-refractivity contribution >= 4 is 5.69 Å². The largest absolute Gasteiger partial charge is 0.490 e. The summed E-state index contributed by atoms with van der Waals surface area (Å²) in [6, 6.07) is 26.3. The molecule has 136 valence electrons. The summed E-state index contributed by atoms with van der Waals surface area (Å²) < 4.78 is 5.66. The highest BCUT2D eigenvalue weighted by Gasteiger charge is 2.29. The van der Waals surface area contributed by atoms with Crippen LogP contribution in [0.2, 0.25) is 0 Å². The Morgan fingerprint density at radius 1 is 1.04 bits per heavy atom. The summed E-state index contributed by atoms with van der Waals surface area (Å²) in [6.07, 6.45) is 2.84. The number of hydrogen-bond acceptors (Lipinski definition) is 2. The average Bonchev–Trinajstić information content (AvgIpc) is 2.72. The van der Waals surface area contributed by atoms with Gasteiger partial charge in [-0.1, -0.05) is 66.7 Å². The van der Waals surface area contributed by atoms with Crippen molar-refractivity contribution in [3.8, 4) is 5.75 Å². The second kappa shape index (κ2) is 7.71. The maximum Gasteiger partial charge on any atom is 0.119 e. The van der Waals surface area contributed by atoms with Crippen molar-refractivity contribution in [2.75, 3.05) is 18.1 Å². The Labute approximate surface area is 161 Å². The monoisotopic (exact) mass is 355 g/mol. The minimum Gasteiger partial charge on any atom is -0.490 e. The van der Waals surface area contributed by atoms with E-state index in [0.717, 1.165) is 18.7 Å². The maximum absolute atomic E-state index is 5.66. The van der Waals surface area contributed by atoms with Gasteiger partial charge in [-0.15, -0.1) is 0 Å². The second-order valence-electron chi connectivity index (χ2n) is 7.05. The molecule has 27 heavy (non-hydrogen) atoms. The summed E-state index contributed by atoms with van der Waals surface area (Å²) >= 11 is 0. The normalized spacial score (nSPS) is 15.9. The molecule has 1 aliphatic rings. The van der Waals surface area contributed by atoms with Crippen LogP contribution in [0.5, 0.6) is 5.75 Å². The molecular formula is C25H25NO. The molecule has 1 unspecified atom stereocenters. The van der Waals surface area contributed by atoms with Crippen molar-refractivity contribution in [1.29, 1.82) is 0 Å². The van der Waals surface area contributed by atoms with E-state index in [0.29, 0.717) is 6.61 Å². The van der Waals surface area contributed by atoms with Crippen molar-refractivity contribution in [2.24, 2.45) is 0 Å². The van der Waals surface area contributed by atoms with E-state index in [1.807, 2.05) is 0 Å². The van der Waals surface area contributed by atoms with Crippen LogP contribution in [0.15, 0.2) is 85.5 Å². The first-order valence-corrected chi connectivity index (χ1v) is 9.51. The first-order valence-electron chi connectivity index (χ1n) is 9.51. The number of rotatable bonds is 5. The molecule has 0 amide bonds. The SMILES string of the molecule is C=CCOc1ccc(C2c3ccc(C)cc3CCN2c2ccccc2)cc1. The van der Waals surface area contributed by atoms with Gasteiger partial charge < -0.3 is 9.64 Å². The first-order chi connectivity index (χ1) is 13.3. The van der Waals surface area contributed by atoms with Gasteiger partial charge >= 0.3 is 0 Å². The molecule has 0 saturated heterocycles. The number of fused-ring (bicyclic) bond motifs is 1. The van der Waals surface area contributed by atoms with Crippen molar-refractivity contribution in [3.63, 3.8) is 0 Å². The van der Waals surface area contributed by atoms with Crippen LogP contribution in [0.25, 0.3) is 0 Å². The fourth-order valence-electron chi connectivity index (χ4n) is 3.91. The third kappa shape index (κ3) is 3.61. The van der Waals surface area contributed by atoms with E-state index in [1.54, 1.807) is 6.08 Å². The predicted molar refractivity (Wildman–Crippen MR) is 113 cm³/mol. The number of para-hydroxylation sites is 1. The number of benzene rings is 3. The molecule has 2 nitrogen and oxygen atoms in total. The number of hydrogen-bond donors (Lipinski definition) is 0. The topological polar surface area (TPSA) is 12.5 Å². The van der Waals surface area contributed by atoms with E-state index in [4.69, 9.17) is 4.74 Å². The zero-order chi connectivity index (χ0) is 18.6.